The van der Waals surface area contributed by atoms with E-state index in [0.29, 0.717) is 15.1 Å². The van der Waals surface area contributed by atoms with Gasteiger partial charge in [-0.2, -0.15) is 0 Å². The van der Waals surface area contributed by atoms with Gasteiger partial charge in [-0.3, -0.25) is 4.79 Å². The van der Waals surface area contributed by atoms with Gasteiger partial charge >= 0.3 is 5.97 Å². The van der Waals surface area contributed by atoms with Crippen LogP contribution < -0.4 is 5.32 Å². The molecule has 19 heavy (non-hydrogen) atoms. The van der Waals surface area contributed by atoms with Crippen LogP contribution in [0, 0.1) is 5.41 Å². The predicted molar refractivity (Wildman–Crippen MR) is 77.5 cm³/mol. The molecule has 1 rings (SSSR count). The molecule has 0 fully saturated rings. The number of amides is 1. The van der Waals surface area contributed by atoms with Crippen molar-refractivity contribution < 1.29 is 14.7 Å². The zero-order valence-corrected chi connectivity index (χ0v) is 13.2. The van der Waals surface area contributed by atoms with Gasteiger partial charge in [0.25, 0.3) is 5.91 Å². The molecule has 0 aliphatic rings. The van der Waals surface area contributed by atoms with Gasteiger partial charge < -0.3 is 10.4 Å². The van der Waals surface area contributed by atoms with Crippen molar-refractivity contribution in [3.63, 3.8) is 0 Å². The fraction of sp³-hybridized carbons (Fsp3) is 0.385. The van der Waals surface area contributed by atoms with E-state index in [1.165, 1.54) is 0 Å². The lowest BCUT2D eigenvalue weighted by Crippen LogP contribution is -2.49. The Balaban J connectivity index is 2.98. The van der Waals surface area contributed by atoms with E-state index in [0.717, 1.165) is 0 Å². The number of carbonyl (C=O) groups is 2. The van der Waals surface area contributed by atoms with Crippen LogP contribution in [-0.2, 0) is 4.79 Å². The minimum absolute atomic E-state index is 0.347. The first kappa shape index (κ1) is 16.0. The maximum absolute atomic E-state index is 12.1. The van der Waals surface area contributed by atoms with Crippen molar-refractivity contribution in [3.05, 3.63) is 33.3 Å². The van der Waals surface area contributed by atoms with Crippen LogP contribution in [0.5, 0.6) is 0 Å². The van der Waals surface area contributed by atoms with Gasteiger partial charge in [-0.1, -0.05) is 32.4 Å². The number of halogens is 2. The third-order valence-electron chi connectivity index (χ3n) is 2.56. The van der Waals surface area contributed by atoms with Crippen LogP contribution in [0.15, 0.2) is 22.7 Å². The summed E-state index contributed by atoms with van der Waals surface area (Å²) < 4.78 is 0.524. The molecule has 0 spiro atoms. The number of hydrogen-bond donors (Lipinski definition) is 2. The smallest absolute Gasteiger partial charge is 0.326 e. The zero-order valence-electron chi connectivity index (χ0n) is 10.8. The largest absolute Gasteiger partial charge is 0.480 e. The van der Waals surface area contributed by atoms with Gasteiger partial charge in [0.05, 0.1) is 5.56 Å². The van der Waals surface area contributed by atoms with Gasteiger partial charge in [-0.15, -0.1) is 0 Å². The Morgan fingerprint density at radius 1 is 1.37 bits per heavy atom. The minimum Gasteiger partial charge on any atom is -0.480 e. The molecule has 0 aliphatic carbocycles. The Labute approximate surface area is 125 Å². The van der Waals surface area contributed by atoms with Gasteiger partial charge in [0.2, 0.25) is 0 Å². The molecule has 0 heterocycles. The summed E-state index contributed by atoms with van der Waals surface area (Å²) >= 11 is 9.03. The van der Waals surface area contributed by atoms with E-state index in [4.69, 9.17) is 11.6 Å². The molecule has 0 bridgehead atoms. The summed E-state index contributed by atoms with van der Waals surface area (Å²) in [5.41, 5.74) is -0.236. The first-order valence-corrected chi connectivity index (χ1v) is 6.78. The highest BCUT2D eigenvalue weighted by Gasteiger charge is 2.33. The van der Waals surface area contributed by atoms with E-state index in [1.54, 1.807) is 39.0 Å². The Bertz CT molecular complexity index is 511. The zero-order chi connectivity index (χ0) is 14.8. The Kier molecular flexibility index (Phi) is 4.98. The van der Waals surface area contributed by atoms with Crippen LogP contribution in [0.1, 0.15) is 31.1 Å². The fourth-order valence-corrected chi connectivity index (χ4v) is 2.39. The Morgan fingerprint density at radius 3 is 2.37 bits per heavy atom. The van der Waals surface area contributed by atoms with Gasteiger partial charge in [-0.25, -0.2) is 4.79 Å². The normalized spacial score (nSPS) is 12.9. The minimum atomic E-state index is -1.06. The SMILES string of the molecule is CC(C)(C)[C@@H](NC(=O)c1ccc(Cl)cc1Br)C(=O)O. The molecule has 0 radical (unpaired) electrons. The quantitative estimate of drug-likeness (QED) is 0.880. The maximum atomic E-state index is 12.1. The molecule has 0 aromatic heterocycles. The fourth-order valence-electron chi connectivity index (χ4n) is 1.53. The van der Waals surface area contributed by atoms with E-state index in [1.807, 2.05) is 0 Å². The van der Waals surface area contributed by atoms with Gasteiger partial charge in [0, 0.05) is 9.50 Å². The predicted octanol–water partition coefficient (Wildman–Crippen LogP) is 3.33. The van der Waals surface area contributed by atoms with Crippen molar-refractivity contribution in [1.82, 2.24) is 5.32 Å². The molecular formula is C13H15BrClNO3. The van der Waals surface area contributed by atoms with Crippen LogP contribution >= 0.6 is 27.5 Å². The van der Waals surface area contributed by atoms with Crippen molar-refractivity contribution in [1.29, 1.82) is 0 Å². The number of rotatable bonds is 3. The lowest BCUT2D eigenvalue weighted by molar-refractivity contribution is -0.142. The van der Waals surface area contributed by atoms with E-state index in [9.17, 15) is 14.7 Å². The highest BCUT2D eigenvalue weighted by molar-refractivity contribution is 9.10. The summed E-state index contributed by atoms with van der Waals surface area (Å²) in [6.07, 6.45) is 0. The summed E-state index contributed by atoms with van der Waals surface area (Å²) in [5.74, 6) is -1.52. The number of carboxylic acids is 1. The van der Waals surface area contributed by atoms with E-state index < -0.39 is 23.3 Å². The standard InChI is InChI=1S/C13H15BrClNO3/c1-13(2,3)10(12(18)19)16-11(17)8-5-4-7(15)6-9(8)14/h4-6,10H,1-3H3,(H,16,17)(H,18,19)/t10-/m0/s1. The molecule has 1 aromatic carbocycles. The van der Waals surface area contributed by atoms with Gasteiger partial charge in [-0.05, 0) is 39.5 Å². The first-order chi connectivity index (χ1) is 8.62. The van der Waals surface area contributed by atoms with Crippen molar-refractivity contribution in [2.24, 2.45) is 5.41 Å². The first-order valence-electron chi connectivity index (χ1n) is 5.61. The van der Waals surface area contributed by atoms with E-state index >= 15 is 0 Å². The highest BCUT2D eigenvalue weighted by Crippen LogP contribution is 2.23. The topological polar surface area (TPSA) is 66.4 Å². The monoisotopic (exact) mass is 347 g/mol. The number of carboxylic acid groups (broad SMARTS) is 1. The van der Waals surface area contributed by atoms with Gasteiger partial charge in [0.15, 0.2) is 0 Å². The number of hydrogen-bond acceptors (Lipinski definition) is 2. The van der Waals surface area contributed by atoms with Crippen LogP contribution in [0.4, 0.5) is 0 Å². The summed E-state index contributed by atoms with van der Waals surface area (Å²) in [6.45, 7) is 5.26. The van der Waals surface area contributed by atoms with Crippen LogP contribution in [0.25, 0.3) is 0 Å². The molecule has 4 nitrogen and oxygen atoms in total. The van der Waals surface area contributed by atoms with E-state index in [-0.39, 0.29) is 0 Å². The number of nitrogens with one attached hydrogen (secondary N) is 1. The third kappa shape index (κ3) is 4.21. The average Bonchev–Trinajstić information content (AvgIpc) is 2.23. The molecule has 6 heteroatoms. The van der Waals surface area contributed by atoms with Crippen LogP contribution in [0.2, 0.25) is 5.02 Å². The molecule has 0 saturated heterocycles. The highest BCUT2D eigenvalue weighted by atomic mass is 79.9. The Hall–Kier alpha value is -1.07. The van der Waals surface area contributed by atoms with Crippen molar-refractivity contribution in [3.8, 4) is 0 Å². The summed E-state index contributed by atoms with van der Waals surface area (Å²) in [4.78, 5) is 23.3. The van der Waals surface area contributed by atoms with Gasteiger partial charge in [0.1, 0.15) is 6.04 Å². The second-order valence-corrected chi connectivity index (χ2v) is 6.53. The summed E-state index contributed by atoms with van der Waals surface area (Å²) in [7, 11) is 0. The molecule has 0 saturated carbocycles. The molecule has 0 unspecified atom stereocenters. The molecule has 2 N–H and O–H groups in total. The van der Waals surface area contributed by atoms with Crippen molar-refractivity contribution in [2.75, 3.05) is 0 Å². The molecule has 104 valence electrons. The molecule has 1 atom stereocenters. The molecular weight excluding hydrogens is 334 g/mol. The number of benzene rings is 1. The lowest BCUT2D eigenvalue weighted by atomic mass is 9.86. The molecule has 1 aromatic rings. The maximum Gasteiger partial charge on any atom is 0.326 e. The van der Waals surface area contributed by atoms with E-state index in [2.05, 4.69) is 21.2 Å². The number of carbonyl (C=O) groups excluding carboxylic acids is 1. The van der Waals surface area contributed by atoms with Crippen LogP contribution in [-0.4, -0.2) is 23.0 Å². The Morgan fingerprint density at radius 2 is 1.95 bits per heavy atom. The lowest BCUT2D eigenvalue weighted by Gasteiger charge is -2.27. The van der Waals surface area contributed by atoms with Crippen molar-refractivity contribution in [2.45, 2.75) is 26.8 Å². The van der Waals surface area contributed by atoms with Crippen molar-refractivity contribution >= 4 is 39.4 Å². The van der Waals surface area contributed by atoms with Crippen LogP contribution in [0.3, 0.4) is 0 Å². The second kappa shape index (κ2) is 5.92. The average molecular weight is 349 g/mol. The third-order valence-corrected chi connectivity index (χ3v) is 3.46. The number of aliphatic carboxylic acids is 1. The summed E-state index contributed by atoms with van der Waals surface area (Å²) in [6, 6.07) is 3.74. The molecule has 1 amide bonds. The second-order valence-electron chi connectivity index (χ2n) is 5.23. The summed E-state index contributed by atoms with van der Waals surface area (Å²) in [5, 5.41) is 12.2. The molecule has 0 aliphatic heterocycles.